The molecule has 2 unspecified atom stereocenters. The Bertz CT molecular complexity index is 224. The molecule has 0 aliphatic heterocycles. The van der Waals surface area contributed by atoms with E-state index in [2.05, 4.69) is 5.32 Å². The molecule has 86 valence electrons. The van der Waals surface area contributed by atoms with E-state index in [1.54, 1.807) is 0 Å². The van der Waals surface area contributed by atoms with E-state index in [1.807, 2.05) is 0 Å². The molecule has 0 aromatic heterocycles. The van der Waals surface area contributed by atoms with Crippen molar-refractivity contribution in [3.63, 3.8) is 0 Å². The highest BCUT2D eigenvalue weighted by Crippen LogP contribution is 2.25. The number of carbonyl (C=O) groups excluding carboxylic acids is 1. The molecule has 3 heteroatoms. The SMILES string of the molecule is NC1CCCC1NC(=O)C1CCCCC1. The Labute approximate surface area is 91.8 Å². The smallest absolute Gasteiger partial charge is 0.223 e. The second-order valence-electron chi connectivity index (χ2n) is 5.04. The van der Waals surface area contributed by atoms with Crippen molar-refractivity contribution in [2.24, 2.45) is 11.7 Å². The van der Waals surface area contributed by atoms with Crippen molar-refractivity contribution in [3.8, 4) is 0 Å². The summed E-state index contributed by atoms with van der Waals surface area (Å²) in [7, 11) is 0. The highest BCUT2D eigenvalue weighted by atomic mass is 16.1. The zero-order chi connectivity index (χ0) is 10.7. The van der Waals surface area contributed by atoms with Gasteiger partial charge in [-0.25, -0.2) is 0 Å². The van der Waals surface area contributed by atoms with Crippen LogP contribution in [0.1, 0.15) is 51.4 Å². The van der Waals surface area contributed by atoms with E-state index >= 15 is 0 Å². The molecule has 3 nitrogen and oxygen atoms in total. The van der Waals surface area contributed by atoms with Crippen LogP contribution in [-0.4, -0.2) is 18.0 Å². The number of nitrogens with one attached hydrogen (secondary N) is 1. The third-order valence-corrected chi connectivity index (χ3v) is 3.87. The van der Waals surface area contributed by atoms with Gasteiger partial charge in [-0.1, -0.05) is 19.3 Å². The van der Waals surface area contributed by atoms with Crippen molar-refractivity contribution in [1.29, 1.82) is 0 Å². The van der Waals surface area contributed by atoms with Gasteiger partial charge in [0.1, 0.15) is 0 Å². The molecule has 2 saturated carbocycles. The highest BCUT2D eigenvalue weighted by Gasteiger charge is 2.28. The van der Waals surface area contributed by atoms with Crippen LogP contribution in [0.25, 0.3) is 0 Å². The normalized spacial score (nSPS) is 32.9. The molecule has 2 aliphatic rings. The largest absolute Gasteiger partial charge is 0.352 e. The van der Waals surface area contributed by atoms with Crippen LogP contribution in [0, 0.1) is 5.92 Å². The molecule has 2 atom stereocenters. The van der Waals surface area contributed by atoms with Crippen LogP contribution in [-0.2, 0) is 4.79 Å². The minimum absolute atomic E-state index is 0.192. The van der Waals surface area contributed by atoms with Gasteiger partial charge in [0.25, 0.3) is 0 Å². The molecule has 0 spiro atoms. The van der Waals surface area contributed by atoms with Gasteiger partial charge in [0.05, 0.1) is 0 Å². The van der Waals surface area contributed by atoms with Crippen LogP contribution in [0.3, 0.4) is 0 Å². The van der Waals surface area contributed by atoms with E-state index < -0.39 is 0 Å². The minimum Gasteiger partial charge on any atom is -0.352 e. The Kier molecular flexibility index (Phi) is 3.62. The minimum atomic E-state index is 0.192. The monoisotopic (exact) mass is 210 g/mol. The van der Waals surface area contributed by atoms with E-state index in [1.165, 1.54) is 19.3 Å². The lowest BCUT2D eigenvalue weighted by atomic mass is 9.88. The quantitative estimate of drug-likeness (QED) is 0.726. The molecular weight excluding hydrogens is 188 g/mol. The average Bonchev–Trinajstić information content (AvgIpc) is 2.66. The molecule has 0 aromatic carbocycles. The Hall–Kier alpha value is -0.570. The van der Waals surface area contributed by atoms with Gasteiger partial charge in [-0.15, -0.1) is 0 Å². The Balaban J connectivity index is 1.80. The molecular formula is C12H22N2O. The summed E-state index contributed by atoms with van der Waals surface area (Å²) in [4.78, 5) is 11.9. The summed E-state index contributed by atoms with van der Waals surface area (Å²) in [6, 6.07) is 0.442. The Morgan fingerprint density at radius 1 is 1.00 bits per heavy atom. The first kappa shape index (κ1) is 10.9. The topological polar surface area (TPSA) is 55.1 Å². The molecule has 0 bridgehead atoms. The standard InChI is InChI=1S/C12H22N2O/c13-10-7-4-8-11(10)14-12(15)9-5-2-1-3-6-9/h9-11H,1-8,13H2,(H,14,15). The van der Waals surface area contributed by atoms with Gasteiger partial charge in [-0.05, 0) is 32.1 Å². The second-order valence-corrected chi connectivity index (χ2v) is 5.04. The molecule has 2 fully saturated rings. The van der Waals surface area contributed by atoms with E-state index in [-0.39, 0.29) is 23.9 Å². The maximum absolute atomic E-state index is 11.9. The van der Waals surface area contributed by atoms with Crippen LogP contribution in [0.5, 0.6) is 0 Å². The van der Waals surface area contributed by atoms with E-state index in [9.17, 15) is 4.79 Å². The third kappa shape index (κ3) is 2.71. The zero-order valence-corrected chi connectivity index (χ0v) is 9.37. The van der Waals surface area contributed by atoms with Crippen molar-refractivity contribution < 1.29 is 4.79 Å². The van der Waals surface area contributed by atoms with E-state index in [0.29, 0.717) is 0 Å². The molecule has 0 aromatic rings. The number of hydrogen-bond acceptors (Lipinski definition) is 2. The molecule has 3 N–H and O–H groups in total. The van der Waals surface area contributed by atoms with Crippen LogP contribution in [0.4, 0.5) is 0 Å². The van der Waals surface area contributed by atoms with Crippen molar-refractivity contribution in [2.45, 2.75) is 63.5 Å². The number of hydrogen-bond donors (Lipinski definition) is 2. The lowest BCUT2D eigenvalue weighted by Gasteiger charge is -2.24. The van der Waals surface area contributed by atoms with Gasteiger partial charge in [0, 0.05) is 18.0 Å². The van der Waals surface area contributed by atoms with Gasteiger partial charge in [0.2, 0.25) is 5.91 Å². The number of carbonyl (C=O) groups is 1. The summed E-state index contributed by atoms with van der Waals surface area (Å²) in [5, 5.41) is 3.13. The first-order valence-corrected chi connectivity index (χ1v) is 6.33. The average molecular weight is 210 g/mol. The third-order valence-electron chi connectivity index (χ3n) is 3.87. The Morgan fingerprint density at radius 2 is 1.73 bits per heavy atom. The molecule has 15 heavy (non-hydrogen) atoms. The van der Waals surface area contributed by atoms with Crippen molar-refractivity contribution in [2.75, 3.05) is 0 Å². The second kappa shape index (κ2) is 4.97. The summed E-state index contributed by atoms with van der Waals surface area (Å²) in [5.74, 6) is 0.531. The first-order chi connectivity index (χ1) is 7.27. The summed E-state index contributed by atoms with van der Waals surface area (Å²) in [6.07, 6.45) is 9.18. The maximum atomic E-state index is 11.9. The van der Waals surface area contributed by atoms with Gasteiger partial charge in [-0.2, -0.15) is 0 Å². The fourth-order valence-corrected chi connectivity index (χ4v) is 2.83. The van der Waals surface area contributed by atoms with Gasteiger partial charge in [0.15, 0.2) is 0 Å². The molecule has 0 radical (unpaired) electrons. The molecule has 0 heterocycles. The van der Waals surface area contributed by atoms with Gasteiger partial charge >= 0.3 is 0 Å². The van der Waals surface area contributed by atoms with Gasteiger partial charge < -0.3 is 11.1 Å². The predicted octanol–water partition coefficient (Wildman–Crippen LogP) is 1.56. The van der Waals surface area contributed by atoms with Crippen LogP contribution < -0.4 is 11.1 Å². The molecule has 0 saturated heterocycles. The van der Waals surface area contributed by atoms with Crippen molar-refractivity contribution >= 4 is 5.91 Å². The molecule has 2 aliphatic carbocycles. The van der Waals surface area contributed by atoms with Crippen molar-refractivity contribution in [1.82, 2.24) is 5.32 Å². The van der Waals surface area contributed by atoms with Crippen molar-refractivity contribution in [3.05, 3.63) is 0 Å². The fourth-order valence-electron chi connectivity index (χ4n) is 2.83. The summed E-state index contributed by atoms with van der Waals surface area (Å²) in [6.45, 7) is 0. The van der Waals surface area contributed by atoms with Crippen LogP contribution in [0.2, 0.25) is 0 Å². The lowest BCUT2D eigenvalue weighted by molar-refractivity contribution is -0.126. The zero-order valence-electron chi connectivity index (χ0n) is 9.37. The van der Waals surface area contributed by atoms with E-state index in [0.717, 1.165) is 32.1 Å². The summed E-state index contributed by atoms with van der Waals surface area (Å²) >= 11 is 0. The number of rotatable bonds is 2. The first-order valence-electron chi connectivity index (χ1n) is 6.33. The fraction of sp³-hybridized carbons (Fsp3) is 0.917. The number of amides is 1. The predicted molar refractivity (Wildman–Crippen MR) is 60.3 cm³/mol. The van der Waals surface area contributed by atoms with Gasteiger partial charge in [-0.3, -0.25) is 4.79 Å². The molecule has 2 rings (SSSR count). The highest BCUT2D eigenvalue weighted by molar-refractivity contribution is 5.79. The lowest BCUT2D eigenvalue weighted by Crippen LogP contribution is -2.46. The van der Waals surface area contributed by atoms with E-state index in [4.69, 9.17) is 5.73 Å². The molecule has 1 amide bonds. The van der Waals surface area contributed by atoms with Crippen LogP contribution in [0.15, 0.2) is 0 Å². The summed E-state index contributed by atoms with van der Waals surface area (Å²) < 4.78 is 0. The Morgan fingerprint density at radius 3 is 2.33 bits per heavy atom. The van der Waals surface area contributed by atoms with Crippen LogP contribution >= 0.6 is 0 Å². The number of nitrogens with two attached hydrogens (primary N) is 1. The summed E-state index contributed by atoms with van der Waals surface area (Å²) in [5.41, 5.74) is 5.94. The maximum Gasteiger partial charge on any atom is 0.223 e.